The number of nitrogens with zero attached hydrogens (tertiary/aromatic N) is 1. The molecule has 168 valence electrons. The third-order valence-corrected chi connectivity index (χ3v) is 5.88. The molecule has 1 heterocycles. The maximum Gasteiger partial charge on any atom is 0.282 e. The van der Waals surface area contributed by atoms with Crippen LogP contribution in [0.2, 0.25) is 5.02 Å². The zero-order valence-electron chi connectivity index (χ0n) is 18.7. The van der Waals surface area contributed by atoms with Crippen molar-refractivity contribution in [3.63, 3.8) is 0 Å². The van der Waals surface area contributed by atoms with Gasteiger partial charge in [-0.3, -0.25) is 9.59 Å². The molecule has 0 saturated carbocycles. The van der Waals surface area contributed by atoms with Gasteiger partial charge in [0, 0.05) is 11.1 Å². The number of imide groups is 1. The second-order valence-corrected chi connectivity index (χ2v) is 8.10. The Labute approximate surface area is 197 Å². The van der Waals surface area contributed by atoms with Crippen LogP contribution in [-0.2, 0) is 9.59 Å². The molecule has 3 aromatic rings. The molecule has 0 radical (unpaired) electrons. The van der Waals surface area contributed by atoms with E-state index in [1.54, 1.807) is 49.6 Å². The van der Waals surface area contributed by atoms with E-state index in [4.69, 9.17) is 21.1 Å². The summed E-state index contributed by atoms with van der Waals surface area (Å²) in [5.41, 5.74) is 4.14. The molecular formula is C26H23ClN2O4. The van der Waals surface area contributed by atoms with E-state index in [0.717, 1.165) is 16.0 Å². The third kappa shape index (κ3) is 4.17. The SMILES string of the molecule is COc1ccc(OC)c(NC2=C(c3ccc(C)c(C)c3)C(=O)N(c3ccc(Cl)cc3)C2=O)c1. The van der Waals surface area contributed by atoms with E-state index in [0.29, 0.717) is 33.5 Å². The van der Waals surface area contributed by atoms with Crippen LogP contribution < -0.4 is 19.7 Å². The largest absolute Gasteiger partial charge is 0.497 e. The van der Waals surface area contributed by atoms with Crippen molar-refractivity contribution in [2.24, 2.45) is 0 Å². The molecule has 4 rings (SSSR count). The first kappa shape index (κ1) is 22.4. The number of methoxy groups -OCH3 is 2. The van der Waals surface area contributed by atoms with Gasteiger partial charge in [0.2, 0.25) is 0 Å². The lowest BCUT2D eigenvalue weighted by Gasteiger charge is -2.16. The number of aryl methyl sites for hydroxylation is 2. The fraction of sp³-hybridized carbons (Fsp3) is 0.154. The fourth-order valence-electron chi connectivity index (χ4n) is 3.68. The van der Waals surface area contributed by atoms with Gasteiger partial charge in [0.15, 0.2) is 0 Å². The molecule has 3 aromatic carbocycles. The molecule has 6 nitrogen and oxygen atoms in total. The zero-order valence-corrected chi connectivity index (χ0v) is 19.5. The fourth-order valence-corrected chi connectivity index (χ4v) is 3.81. The summed E-state index contributed by atoms with van der Waals surface area (Å²) in [5.74, 6) is 0.196. The Morgan fingerprint density at radius 1 is 0.818 bits per heavy atom. The van der Waals surface area contributed by atoms with E-state index in [1.165, 1.54) is 7.11 Å². The van der Waals surface area contributed by atoms with Crippen LogP contribution in [0.4, 0.5) is 11.4 Å². The molecule has 0 fully saturated rings. The van der Waals surface area contributed by atoms with Crippen molar-refractivity contribution >= 4 is 40.4 Å². The molecule has 0 aromatic heterocycles. The molecule has 1 aliphatic rings. The summed E-state index contributed by atoms with van der Waals surface area (Å²) in [4.78, 5) is 28.3. The Kier molecular flexibility index (Phi) is 6.11. The lowest BCUT2D eigenvalue weighted by atomic mass is 9.99. The third-order valence-electron chi connectivity index (χ3n) is 5.63. The molecule has 7 heteroatoms. The van der Waals surface area contributed by atoms with E-state index in [-0.39, 0.29) is 11.3 Å². The van der Waals surface area contributed by atoms with E-state index in [1.807, 2.05) is 32.0 Å². The summed E-state index contributed by atoms with van der Waals surface area (Å²) in [6, 6.07) is 17.5. The monoisotopic (exact) mass is 462 g/mol. The number of nitrogens with one attached hydrogen (secondary N) is 1. The summed E-state index contributed by atoms with van der Waals surface area (Å²) in [7, 11) is 3.09. The molecule has 0 unspecified atom stereocenters. The van der Waals surface area contributed by atoms with Crippen molar-refractivity contribution in [2.45, 2.75) is 13.8 Å². The number of hydrogen-bond acceptors (Lipinski definition) is 5. The van der Waals surface area contributed by atoms with Crippen LogP contribution in [0.15, 0.2) is 66.4 Å². The van der Waals surface area contributed by atoms with Crippen LogP contribution in [0.5, 0.6) is 11.5 Å². The Morgan fingerprint density at radius 3 is 2.18 bits per heavy atom. The van der Waals surface area contributed by atoms with Gasteiger partial charge in [0.25, 0.3) is 11.8 Å². The van der Waals surface area contributed by atoms with Crippen LogP contribution >= 0.6 is 11.6 Å². The average Bonchev–Trinajstić information content (AvgIpc) is 3.05. The van der Waals surface area contributed by atoms with E-state index >= 15 is 0 Å². The highest BCUT2D eigenvalue weighted by Crippen LogP contribution is 2.37. The smallest absolute Gasteiger partial charge is 0.282 e. The maximum absolute atomic E-state index is 13.6. The first-order valence-corrected chi connectivity index (χ1v) is 10.7. The lowest BCUT2D eigenvalue weighted by Crippen LogP contribution is -2.32. The first-order valence-electron chi connectivity index (χ1n) is 10.3. The minimum absolute atomic E-state index is 0.157. The van der Waals surface area contributed by atoms with Gasteiger partial charge in [-0.15, -0.1) is 0 Å². The predicted octanol–water partition coefficient (Wildman–Crippen LogP) is 5.37. The van der Waals surface area contributed by atoms with Crippen LogP contribution in [0.1, 0.15) is 16.7 Å². The minimum Gasteiger partial charge on any atom is -0.497 e. The number of carbonyl (C=O) groups excluding carboxylic acids is 2. The summed E-state index contributed by atoms with van der Waals surface area (Å²) < 4.78 is 10.8. The molecule has 0 bridgehead atoms. The van der Waals surface area contributed by atoms with Gasteiger partial charge in [-0.25, -0.2) is 4.90 Å². The number of amides is 2. The predicted molar refractivity (Wildman–Crippen MR) is 130 cm³/mol. The number of hydrogen-bond donors (Lipinski definition) is 1. The quantitative estimate of drug-likeness (QED) is 0.499. The van der Waals surface area contributed by atoms with E-state index < -0.39 is 11.8 Å². The second-order valence-electron chi connectivity index (χ2n) is 7.66. The topological polar surface area (TPSA) is 67.9 Å². The molecular weight excluding hydrogens is 440 g/mol. The summed E-state index contributed by atoms with van der Waals surface area (Å²) in [6.07, 6.45) is 0. The number of ether oxygens (including phenoxy) is 2. The number of anilines is 2. The number of carbonyl (C=O) groups is 2. The van der Waals surface area contributed by atoms with Gasteiger partial charge in [-0.2, -0.15) is 0 Å². The lowest BCUT2D eigenvalue weighted by molar-refractivity contribution is -0.120. The van der Waals surface area contributed by atoms with Gasteiger partial charge in [0.05, 0.1) is 31.2 Å². The standard InChI is InChI=1S/C26H23ClN2O4/c1-15-5-6-17(13-16(15)2)23-24(28-21-14-20(32-3)11-12-22(21)33-4)26(31)29(25(23)30)19-9-7-18(27)8-10-19/h5-14,28H,1-4H3. The minimum atomic E-state index is -0.472. The number of halogens is 1. The van der Waals surface area contributed by atoms with Gasteiger partial charge >= 0.3 is 0 Å². The molecule has 0 aliphatic carbocycles. The molecule has 1 N–H and O–H groups in total. The van der Waals surface area contributed by atoms with Crippen LogP contribution in [0, 0.1) is 13.8 Å². The number of benzene rings is 3. The van der Waals surface area contributed by atoms with Gasteiger partial charge in [-0.05, 0) is 66.9 Å². The van der Waals surface area contributed by atoms with Crippen molar-refractivity contribution in [3.05, 3.63) is 88.1 Å². The van der Waals surface area contributed by atoms with Crippen LogP contribution in [0.3, 0.4) is 0 Å². The van der Waals surface area contributed by atoms with Crippen molar-refractivity contribution < 1.29 is 19.1 Å². The Morgan fingerprint density at radius 2 is 1.55 bits per heavy atom. The molecule has 0 saturated heterocycles. The summed E-state index contributed by atoms with van der Waals surface area (Å²) in [6.45, 7) is 3.96. The van der Waals surface area contributed by atoms with Crippen molar-refractivity contribution in [3.8, 4) is 11.5 Å². The van der Waals surface area contributed by atoms with Gasteiger partial charge in [-0.1, -0.05) is 29.8 Å². The molecule has 1 aliphatic heterocycles. The number of rotatable bonds is 6. The van der Waals surface area contributed by atoms with Crippen LogP contribution in [-0.4, -0.2) is 26.0 Å². The highest BCUT2D eigenvalue weighted by atomic mass is 35.5. The van der Waals surface area contributed by atoms with E-state index in [2.05, 4.69) is 5.32 Å². The Balaban J connectivity index is 1.87. The van der Waals surface area contributed by atoms with Gasteiger partial charge < -0.3 is 14.8 Å². The second kappa shape index (κ2) is 9.00. The van der Waals surface area contributed by atoms with Crippen LogP contribution in [0.25, 0.3) is 5.57 Å². The van der Waals surface area contributed by atoms with Crippen molar-refractivity contribution in [1.82, 2.24) is 0 Å². The average molecular weight is 463 g/mol. The Bertz CT molecular complexity index is 1280. The first-order chi connectivity index (χ1) is 15.8. The summed E-state index contributed by atoms with van der Waals surface area (Å²) in [5, 5.41) is 3.66. The van der Waals surface area contributed by atoms with Crippen molar-refractivity contribution in [2.75, 3.05) is 24.4 Å². The Hall–Kier alpha value is -3.77. The highest BCUT2D eigenvalue weighted by molar-refractivity contribution is 6.46. The maximum atomic E-state index is 13.6. The normalized spacial score (nSPS) is 13.5. The summed E-state index contributed by atoms with van der Waals surface area (Å²) >= 11 is 6.01. The highest BCUT2D eigenvalue weighted by Gasteiger charge is 2.40. The van der Waals surface area contributed by atoms with Crippen molar-refractivity contribution in [1.29, 1.82) is 0 Å². The molecule has 2 amide bonds. The van der Waals surface area contributed by atoms with E-state index in [9.17, 15) is 9.59 Å². The zero-order chi connectivity index (χ0) is 23.7. The molecule has 0 spiro atoms. The molecule has 0 atom stereocenters. The molecule has 33 heavy (non-hydrogen) atoms. The van der Waals surface area contributed by atoms with Gasteiger partial charge in [0.1, 0.15) is 17.2 Å².